The molecule has 2 heterocycles. The molecule has 0 bridgehead atoms. The van der Waals surface area contributed by atoms with Crippen LogP contribution in [0.3, 0.4) is 0 Å². The number of carbonyl (C=O) groups is 1. The van der Waals surface area contributed by atoms with Gasteiger partial charge >= 0.3 is 0 Å². The summed E-state index contributed by atoms with van der Waals surface area (Å²) in [5.74, 6) is 1.36. The van der Waals surface area contributed by atoms with E-state index in [9.17, 15) is 4.79 Å². The predicted molar refractivity (Wildman–Crippen MR) is 126 cm³/mol. The largest absolute Gasteiger partial charge is 0.454 e. The lowest BCUT2D eigenvalue weighted by Crippen LogP contribution is -2.32. The lowest BCUT2D eigenvalue weighted by atomic mass is 10.1. The third-order valence-corrected chi connectivity index (χ3v) is 6.44. The van der Waals surface area contributed by atoms with Gasteiger partial charge in [-0.3, -0.25) is 9.69 Å². The number of carbonyl (C=O) groups excluding carboxylic acids is 1. The van der Waals surface area contributed by atoms with Crippen LogP contribution in [0.25, 0.3) is 16.3 Å². The molecule has 0 saturated carbocycles. The second-order valence-electron chi connectivity index (χ2n) is 7.97. The third kappa shape index (κ3) is 4.73. The Morgan fingerprint density at radius 1 is 1.10 bits per heavy atom. The van der Waals surface area contributed by atoms with E-state index in [2.05, 4.69) is 30.9 Å². The Morgan fingerprint density at radius 2 is 1.87 bits per heavy atom. The Hall–Kier alpha value is -2.90. The Kier molecular flexibility index (Phi) is 6.25. The van der Waals surface area contributed by atoms with Gasteiger partial charge in [0.1, 0.15) is 0 Å². The maximum Gasteiger partial charge on any atom is 0.252 e. The number of thiazole rings is 1. The summed E-state index contributed by atoms with van der Waals surface area (Å²) < 4.78 is 11.9. The van der Waals surface area contributed by atoms with Gasteiger partial charge in [-0.1, -0.05) is 29.5 Å². The number of fused-ring (bicyclic) bond motifs is 2. The minimum atomic E-state index is -0.0780. The molecule has 0 spiro atoms. The molecule has 0 aliphatic carbocycles. The quantitative estimate of drug-likeness (QED) is 0.504. The standard InChI is InChI=1S/C24H27N3O3S/c1-16-6-7-17(2)23-22(16)25-24(31-23)27(13-5-12-26(3)4)21(28)11-9-18-8-10-19-20(14-18)30-15-29-19/h6-11,14H,5,12-13,15H2,1-4H3. The van der Waals surface area contributed by atoms with Crippen molar-refractivity contribution >= 4 is 38.7 Å². The van der Waals surface area contributed by atoms with Gasteiger partial charge in [-0.15, -0.1) is 0 Å². The Labute approximate surface area is 186 Å². The molecule has 2 aromatic carbocycles. The monoisotopic (exact) mass is 437 g/mol. The SMILES string of the molecule is Cc1ccc(C)c2sc(N(CCCN(C)C)C(=O)C=Cc3ccc4c(c3)OCO4)nc12. The molecule has 0 unspecified atom stereocenters. The average molecular weight is 438 g/mol. The van der Waals surface area contributed by atoms with Crippen LogP contribution in [-0.4, -0.2) is 49.8 Å². The van der Waals surface area contributed by atoms with Crippen molar-refractivity contribution in [2.45, 2.75) is 20.3 Å². The van der Waals surface area contributed by atoms with Crippen molar-refractivity contribution in [1.29, 1.82) is 0 Å². The zero-order valence-corrected chi connectivity index (χ0v) is 19.2. The van der Waals surface area contributed by atoms with Gasteiger partial charge in [-0.2, -0.15) is 0 Å². The van der Waals surface area contributed by atoms with Crippen molar-refractivity contribution in [3.63, 3.8) is 0 Å². The fourth-order valence-corrected chi connectivity index (χ4v) is 4.63. The van der Waals surface area contributed by atoms with Gasteiger partial charge in [-0.25, -0.2) is 4.98 Å². The van der Waals surface area contributed by atoms with Gasteiger partial charge in [0, 0.05) is 12.6 Å². The highest BCUT2D eigenvalue weighted by atomic mass is 32.1. The third-order valence-electron chi connectivity index (χ3n) is 5.23. The molecule has 0 fully saturated rings. The van der Waals surface area contributed by atoms with E-state index in [-0.39, 0.29) is 12.7 Å². The number of hydrogen-bond acceptors (Lipinski definition) is 6. The van der Waals surface area contributed by atoms with Crippen LogP contribution in [-0.2, 0) is 4.79 Å². The van der Waals surface area contributed by atoms with E-state index < -0.39 is 0 Å². The number of ether oxygens (including phenoxy) is 2. The van der Waals surface area contributed by atoms with E-state index in [1.807, 2.05) is 38.4 Å². The molecule has 0 atom stereocenters. The summed E-state index contributed by atoms with van der Waals surface area (Å²) in [5.41, 5.74) is 4.17. The molecular formula is C24H27N3O3S. The molecule has 1 aliphatic heterocycles. The van der Waals surface area contributed by atoms with E-state index in [4.69, 9.17) is 14.5 Å². The minimum Gasteiger partial charge on any atom is -0.454 e. The number of rotatable bonds is 7. The summed E-state index contributed by atoms with van der Waals surface area (Å²) >= 11 is 1.58. The molecule has 0 radical (unpaired) electrons. The lowest BCUT2D eigenvalue weighted by Gasteiger charge is -2.19. The van der Waals surface area contributed by atoms with Crippen LogP contribution in [0, 0.1) is 13.8 Å². The first-order valence-corrected chi connectivity index (χ1v) is 11.1. The summed E-state index contributed by atoms with van der Waals surface area (Å²) in [5, 5.41) is 0.742. The van der Waals surface area contributed by atoms with Gasteiger partial charge in [0.25, 0.3) is 5.91 Å². The van der Waals surface area contributed by atoms with Gasteiger partial charge in [-0.05, 0) is 75.8 Å². The second-order valence-corrected chi connectivity index (χ2v) is 8.94. The molecule has 7 heteroatoms. The molecule has 3 aromatic rings. The number of anilines is 1. The average Bonchev–Trinajstić information content (AvgIpc) is 3.39. The highest BCUT2D eigenvalue weighted by Gasteiger charge is 2.19. The molecule has 1 amide bonds. The topological polar surface area (TPSA) is 54.9 Å². The molecule has 1 aromatic heterocycles. The minimum absolute atomic E-state index is 0.0780. The van der Waals surface area contributed by atoms with Crippen LogP contribution in [0.2, 0.25) is 0 Å². The highest BCUT2D eigenvalue weighted by Crippen LogP contribution is 2.34. The van der Waals surface area contributed by atoms with E-state index >= 15 is 0 Å². The first-order valence-electron chi connectivity index (χ1n) is 10.3. The first-order chi connectivity index (χ1) is 14.9. The van der Waals surface area contributed by atoms with Crippen LogP contribution >= 0.6 is 11.3 Å². The second kappa shape index (κ2) is 9.08. The van der Waals surface area contributed by atoms with Crippen molar-refractivity contribution in [2.75, 3.05) is 38.9 Å². The Bertz CT molecular complexity index is 1100. The van der Waals surface area contributed by atoms with E-state index in [1.165, 1.54) is 5.56 Å². The van der Waals surface area contributed by atoms with Gasteiger partial charge in [0.15, 0.2) is 16.6 Å². The molecule has 1 aliphatic rings. The van der Waals surface area contributed by atoms with Gasteiger partial charge in [0.2, 0.25) is 6.79 Å². The Balaban J connectivity index is 1.60. The summed E-state index contributed by atoms with van der Waals surface area (Å²) in [6, 6.07) is 9.85. The van der Waals surface area contributed by atoms with E-state index in [0.29, 0.717) is 12.3 Å². The highest BCUT2D eigenvalue weighted by molar-refractivity contribution is 7.22. The zero-order valence-electron chi connectivity index (χ0n) is 18.3. The van der Waals surface area contributed by atoms with Crippen LogP contribution in [0.5, 0.6) is 11.5 Å². The number of amides is 1. The molecule has 0 N–H and O–H groups in total. The van der Waals surface area contributed by atoms with E-state index in [1.54, 1.807) is 22.3 Å². The number of nitrogens with zero attached hydrogens (tertiary/aromatic N) is 3. The van der Waals surface area contributed by atoms with Crippen molar-refractivity contribution in [3.8, 4) is 11.5 Å². The molecule has 6 nitrogen and oxygen atoms in total. The van der Waals surface area contributed by atoms with Crippen LogP contribution in [0.4, 0.5) is 5.13 Å². The fraction of sp³-hybridized carbons (Fsp3) is 0.333. The van der Waals surface area contributed by atoms with Crippen LogP contribution in [0.1, 0.15) is 23.1 Å². The molecule has 31 heavy (non-hydrogen) atoms. The fourth-order valence-electron chi connectivity index (χ4n) is 3.48. The van der Waals surface area contributed by atoms with Gasteiger partial charge in [0.05, 0.1) is 10.2 Å². The summed E-state index contributed by atoms with van der Waals surface area (Å²) in [4.78, 5) is 22.0. The van der Waals surface area contributed by atoms with Crippen molar-refractivity contribution in [1.82, 2.24) is 9.88 Å². The van der Waals surface area contributed by atoms with E-state index in [0.717, 1.165) is 45.2 Å². The number of hydrogen-bond donors (Lipinski definition) is 0. The smallest absolute Gasteiger partial charge is 0.252 e. The first kappa shape index (κ1) is 21.3. The van der Waals surface area contributed by atoms with Crippen molar-refractivity contribution < 1.29 is 14.3 Å². The van der Waals surface area contributed by atoms with Crippen LogP contribution < -0.4 is 14.4 Å². The molecule has 162 valence electrons. The van der Waals surface area contributed by atoms with Crippen LogP contribution in [0.15, 0.2) is 36.4 Å². The zero-order chi connectivity index (χ0) is 22.0. The number of aromatic nitrogens is 1. The molecule has 0 saturated heterocycles. The molecular weight excluding hydrogens is 410 g/mol. The summed E-state index contributed by atoms with van der Waals surface area (Å²) in [6.45, 7) is 5.89. The van der Waals surface area contributed by atoms with Crippen molar-refractivity contribution in [2.24, 2.45) is 0 Å². The summed E-state index contributed by atoms with van der Waals surface area (Å²) in [7, 11) is 4.08. The predicted octanol–water partition coefficient (Wildman–Crippen LogP) is 4.64. The van der Waals surface area contributed by atoms with Crippen molar-refractivity contribution in [3.05, 3.63) is 53.1 Å². The normalized spacial score (nSPS) is 12.9. The lowest BCUT2D eigenvalue weighted by molar-refractivity contribution is -0.114. The maximum atomic E-state index is 13.2. The maximum absolute atomic E-state index is 13.2. The molecule has 4 rings (SSSR count). The van der Waals surface area contributed by atoms with Gasteiger partial charge < -0.3 is 14.4 Å². The number of aryl methyl sites for hydroxylation is 2. The summed E-state index contributed by atoms with van der Waals surface area (Å²) in [6.07, 6.45) is 4.29. The number of benzene rings is 2. The Morgan fingerprint density at radius 3 is 2.65 bits per heavy atom.